The van der Waals surface area contributed by atoms with Crippen molar-refractivity contribution >= 4 is 15.9 Å². The van der Waals surface area contributed by atoms with Crippen LogP contribution in [0.4, 0.5) is 0 Å². The Morgan fingerprint density at radius 2 is 2.00 bits per heavy atom. The summed E-state index contributed by atoms with van der Waals surface area (Å²) < 4.78 is 24.5. The van der Waals surface area contributed by atoms with Gasteiger partial charge in [-0.3, -0.25) is 4.79 Å². The van der Waals surface area contributed by atoms with Gasteiger partial charge in [0.1, 0.15) is 0 Å². The van der Waals surface area contributed by atoms with E-state index in [9.17, 15) is 13.2 Å². The molecule has 1 fully saturated rings. The molecule has 1 N–H and O–H groups in total. The Kier molecular flexibility index (Phi) is 5.24. The number of carbonyl (C=O) groups excluding carboxylic acids is 1. The van der Waals surface area contributed by atoms with E-state index in [-0.39, 0.29) is 24.3 Å². The third-order valence-corrected chi connectivity index (χ3v) is 4.95. The normalized spacial score (nSPS) is 22.5. The Morgan fingerprint density at radius 3 is 2.64 bits per heavy atom. The molecule has 0 radical (unpaired) electrons. The number of hydrogen-bond donors (Lipinski definition) is 1. The van der Waals surface area contributed by atoms with Crippen LogP contribution >= 0.6 is 0 Å². The minimum absolute atomic E-state index is 0.0120. The van der Waals surface area contributed by atoms with Crippen molar-refractivity contribution in [3.05, 3.63) is 35.9 Å². The zero-order valence-electron chi connectivity index (χ0n) is 13.2. The van der Waals surface area contributed by atoms with E-state index in [1.54, 1.807) is 0 Å². The van der Waals surface area contributed by atoms with Gasteiger partial charge in [-0.05, 0) is 18.4 Å². The van der Waals surface area contributed by atoms with Gasteiger partial charge in [0.2, 0.25) is 15.9 Å². The molecule has 0 unspecified atom stereocenters. The van der Waals surface area contributed by atoms with Crippen LogP contribution in [0, 0.1) is 0 Å². The number of likely N-dealkylation sites (tertiary alicyclic amines) is 1. The van der Waals surface area contributed by atoms with E-state index in [2.05, 4.69) is 23.8 Å². The van der Waals surface area contributed by atoms with Crippen LogP contribution in [0.1, 0.15) is 31.7 Å². The van der Waals surface area contributed by atoms with Gasteiger partial charge in [0.05, 0.1) is 6.26 Å². The first-order chi connectivity index (χ1) is 10.3. The fourth-order valence-corrected chi connectivity index (χ4v) is 3.50. The molecule has 6 heteroatoms. The number of nitrogens with zero attached hydrogens (tertiary/aromatic N) is 1. The number of benzene rings is 1. The van der Waals surface area contributed by atoms with Crippen LogP contribution in [-0.2, 0) is 20.2 Å². The van der Waals surface area contributed by atoms with Crippen LogP contribution in [-0.4, -0.2) is 45.1 Å². The molecule has 1 aliphatic heterocycles. The summed E-state index contributed by atoms with van der Waals surface area (Å²) in [4.78, 5) is 14.2. The van der Waals surface area contributed by atoms with E-state index >= 15 is 0 Å². The third-order valence-electron chi connectivity index (χ3n) is 4.22. The average Bonchev–Trinajstić information content (AvgIpc) is 2.47. The van der Waals surface area contributed by atoms with Crippen molar-refractivity contribution in [3.63, 3.8) is 0 Å². The van der Waals surface area contributed by atoms with Gasteiger partial charge in [0.15, 0.2) is 0 Å². The Morgan fingerprint density at radius 1 is 1.32 bits per heavy atom. The number of carbonyl (C=O) groups is 1. The van der Waals surface area contributed by atoms with Gasteiger partial charge < -0.3 is 4.90 Å². The molecular formula is C16H24N2O3S. The van der Waals surface area contributed by atoms with E-state index in [0.29, 0.717) is 6.54 Å². The SMILES string of the molecule is C[C@@]1(c2ccccc2)CCCN(C(=O)CCNS(C)(=O)=O)C1. The maximum Gasteiger partial charge on any atom is 0.223 e. The minimum Gasteiger partial charge on any atom is -0.342 e. The summed E-state index contributed by atoms with van der Waals surface area (Å²) in [7, 11) is -3.24. The second-order valence-corrected chi connectivity index (χ2v) is 8.10. The van der Waals surface area contributed by atoms with Gasteiger partial charge in [-0.25, -0.2) is 13.1 Å². The second-order valence-electron chi connectivity index (χ2n) is 6.26. The summed E-state index contributed by atoms with van der Waals surface area (Å²) >= 11 is 0. The van der Waals surface area contributed by atoms with Crippen molar-refractivity contribution in [3.8, 4) is 0 Å². The van der Waals surface area contributed by atoms with E-state index < -0.39 is 10.0 Å². The Balaban J connectivity index is 1.97. The summed E-state index contributed by atoms with van der Waals surface area (Å²) in [6.07, 6.45) is 3.34. The maximum absolute atomic E-state index is 12.3. The van der Waals surface area contributed by atoms with Crippen molar-refractivity contribution in [1.29, 1.82) is 0 Å². The first-order valence-electron chi connectivity index (χ1n) is 7.58. The van der Waals surface area contributed by atoms with Gasteiger partial charge >= 0.3 is 0 Å². The highest BCUT2D eigenvalue weighted by molar-refractivity contribution is 7.88. The number of piperidine rings is 1. The van der Waals surface area contributed by atoms with Gasteiger partial charge in [-0.15, -0.1) is 0 Å². The third kappa shape index (κ3) is 4.55. The largest absolute Gasteiger partial charge is 0.342 e. The smallest absolute Gasteiger partial charge is 0.223 e. The van der Waals surface area contributed by atoms with Crippen LogP contribution in [0.5, 0.6) is 0 Å². The standard InChI is InChI=1S/C16H24N2O3S/c1-16(14-7-4-3-5-8-14)10-6-12-18(13-16)15(19)9-11-17-22(2,20)21/h3-5,7-8,17H,6,9-13H2,1-2H3/t16-/m1/s1. The highest BCUT2D eigenvalue weighted by Gasteiger charge is 2.34. The molecular weight excluding hydrogens is 300 g/mol. The number of rotatable bonds is 5. The van der Waals surface area contributed by atoms with Crippen LogP contribution < -0.4 is 4.72 Å². The zero-order chi connectivity index (χ0) is 16.2. The molecule has 122 valence electrons. The van der Waals surface area contributed by atoms with Crippen molar-refractivity contribution in [1.82, 2.24) is 9.62 Å². The van der Waals surface area contributed by atoms with Crippen molar-refractivity contribution in [2.45, 2.75) is 31.6 Å². The van der Waals surface area contributed by atoms with Gasteiger partial charge in [-0.2, -0.15) is 0 Å². The number of sulfonamides is 1. The highest BCUT2D eigenvalue weighted by atomic mass is 32.2. The Hall–Kier alpha value is -1.40. The van der Waals surface area contributed by atoms with Crippen molar-refractivity contribution < 1.29 is 13.2 Å². The molecule has 0 aromatic heterocycles. The molecule has 1 heterocycles. The number of amides is 1. The van der Waals surface area contributed by atoms with Crippen LogP contribution in [0.25, 0.3) is 0 Å². The molecule has 1 saturated heterocycles. The first kappa shape index (κ1) is 17.0. The van der Waals surface area contributed by atoms with E-state index in [1.807, 2.05) is 23.1 Å². The van der Waals surface area contributed by atoms with Crippen LogP contribution in [0.15, 0.2) is 30.3 Å². The minimum atomic E-state index is -3.24. The Labute approximate surface area is 132 Å². The molecule has 1 atom stereocenters. The number of hydrogen-bond acceptors (Lipinski definition) is 3. The van der Waals surface area contributed by atoms with Gasteiger partial charge in [0.25, 0.3) is 0 Å². The number of nitrogens with one attached hydrogen (secondary N) is 1. The fraction of sp³-hybridized carbons (Fsp3) is 0.562. The van der Waals surface area contributed by atoms with Gasteiger partial charge in [0, 0.05) is 31.5 Å². The highest BCUT2D eigenvalue weighted by Crippen LogP contribution is 2.33. The summed E-state index contributed by atoms with van der Waals surface area (Å²) in [6, 6.07) is 10.3. The van der Waals surface area contributed by atoms with Crippen molar-refractivity contribution in [2.75, 3.05) is 25.9 Å². The lowest BCUT2D eigenvalue weighted by molar-refractivity contribution is -0.133. The molecule has 0 saturated carbocycles. The summed E-state index contributed by atoms with van der Waals surface area (Å²) in [5, 5.41) is 0. The fourth-order valence-electron chi connectivity index (χ4n) is 3.03. The quantitative estimate of drug-likeness (QED) is 0.893. The molecule has 22 heavy (non-hydrogen) atoms. The molecule has 0 spiro atoms. The second kappa shape index (κ2) is 6.79. The maximum atomic E-state index is 12.3. The lowest BCUT2D eigenvalue weighted by atomic mass is 9.76. The average molecular weight is 324 g/mol. The van der Waals surface area contributed by atoms with E-state index in [1.165, 1.54) is 5.56 Å². The summed E-state index contributed by atoms with van der Waals surface area (Å²) in [5.41, 5.74) is 1.22. The first-order valence-corrected chi connectivity index (χ1v) is 9.47. The van der Waals surface area contributed by atoms with Crippen LogP contribution in [0.2, 0.25) is 0 Å². The lowest BCUT2D eigenvalue weighted by Crippen LogP contribution is -2.47. The molecule has 1 aromatic rings. The van der Waals surface area contributed by atoms with Gasteiger partial charge in [-0.1, -0.05) is 37.3 Å². The topological polar surface area (TPSA) is 66.5 Å². The van der Waals surface area contributed by atoms with E-state index in [4.69, 9.17) is 0 Å². The molecule has 1 aromatic carbocycles. The summed E-state index contributed by atoms with van der Waals surface area (Å²) in [6.45, 7) is 3.79. The van der Waals surface area contributed by atoms with Crippen LogP contribution in [0.3, 0.4) is 0 Å². The van der Waals surface area contributed by atoms with E-state index in [0.717, 1.165) is 25.6 Å². The molecule has 1 amide bonds. The summed E-state index contributed by atoms with van der Waals surface area (Å²) in [5.74, 6) is 0.0120. The predicted octanol–water partition coefficient (Wildman–Crippen LogP) is 1.51. The Bertz CT molecular complexity index is 616. The predicted molar refractivity (Wildman–Crippen MR) is 87.1 cm³/mol. The van der Waals surface area contributed by atoms with Crippen molar-refractivity contribution in [2.24, 2.45) is 0 Å². The monoisotopic (exact) mass is 324 g/mol. The molecule has 2 rings (SSSR count). The molecule has 1 aliphatic rings. The zero-order valence-corrected chi connectivity index (χ0v) is 14.0. The molecule has 0 bridgehead atoms. The molecule has 5 nitrogen and oxygen atoms in total. The molecule has 0 aliphatic carbocycles. The lowest BCUT2D eigenvalue weighted by Gasteiger charge is -2.41.